The van der Waals surface area contributed by atoms with Crippen LogP contribution < -0.4 is 21.3 Å². The van der Waals surface area contributed by atoms with E-state index in [0.717, 1.165) is 99.7 Å². The van der Waals surface area contributed by atoms with E-state index in [-0.39, 0.29) is 33.2 Å². The normalized spacial score (nSPS) is 27.3. The number of aryl methyl sites for hydroxylation is 2. The molecule has 0 spiro atoms. The molecular weight excluding hydrogens is 978 g/mol. The van der Waals surface area contributed by atoms with Crippen molar-refractivity contribution in [3.63, 3.8) is 0 Å². The van der Waals surface area contributed by atoms with Gasteiger partial charge in [-0.3, -0.25) is 4.68 Å². The van der Waals surface area contributed by atoms with Gasteiger partial charge in [0.1, 0.15) is 17.5 Å². The van der Waals surface area contributed by atoms with Crippen LogP contribution in [0.5, 0.6) is 0 Å². The maximum atomic E-state index is 17.0. The molecule has 2 saturated carbocycles. The number of piperidine rings is 2. The zero-order valence-corrected chi connectivity index (χ0v) is 47.4. The van der Waals surface area contributed by atoms with Crippen molar-refractivity contribution in [2.45, 2.75) is 134 Å². The van der Waals surface area contributed by atoms with E-state index in [1.807, 2.05) is 17.7 Å². The Hall–Kier alpha value is -5.42. The fourth-order valence-corrected chi connectivity index (χ4v) is 16.4. The first-order valence-corrected chi connectivity index (χ1v) is 29.4. The van der Waals surface area contributed by atoms with Crippen LogP contribution in [0.25, 0.3) is 27.7 Å². The van der Waals surface area contributed by atoms with E-state index in [9.17, 15) is 0 Å². The molecule has 0 amide bonds. The molecule has 5 aromatic rings. The van der Waals surface area contributed by atoms with Crippen molar-refractivity contribution in [1.82, 2.24) is 30.2 Å². The molecule has 0 radical (unpaired) electrons. The lowest BCUT2D eigenvalue weighted by Gasteiger charge is -2.57. The summed E-state index contributed by atoms with van der Waals surface area (Å²) in [5, 5.41) is 13.8. The van der Waals surface area contributed by atoms with E-state index in [0.29, 0.717) is 59.7 Å². The molecule has 3 saturated heterocycles. The molecular formula is C66H83ClF2N8. The van der Waals surface area contributed by atoms with Crippen LogP contribution in [0.3, 0.4) is 0 Å². The Kier molecular flexibility index (Phi) is 14.6. The second kappa shape index (κ2) is 21.0. The van der Waals surface area contributed by atoms with E-state index >= 15 is 8.78 Å². The van der Waals surface area contributed by atoms with Gasteiger partial charge < -0.3 is 31.1 Å². The second-order valence-electron chi connectivity index (χ2n) is 25.2. The number of benzene rings is 4. The maximum absolute atomic E-state index is 17.0. The van der Waals surface area contributed by atoms with Crippen LogP contribution in [0, 0.1) is 34.8 Å². The summed E-state index contributed by atoms with van der Waals surface area (Å²) >= 11 is 7.07. The van der Waals surface area contributed by atoms with Crippen LogP contribution >= 0.6 is 11.6 Å². The zero-order valence-electron chi connectivity index (χ0n) is 46.7. The summed E-state index contributed by atoms with van der Waals surface area (Å²) in [6.45, 7) is 33.7. The molecule has 4 heterocycles. The lowest BCUT2D eigenvalue weighted by atomic mass is 9.54. The molecule has 408 valence electrons. The van der Waals surface area contributed by atoms with Gasteiger partial charge in [0.05, 0.1) is 10.5 Å². The lowest BCUT2D eigenvalue weighted by molar-refractivity contribution is 0.00210. The summed E-state index contributed by atoms with van der Waals surface area (Å²) in [5.74, 6) is 3.16. The number of allylic oxidation sites excluding steroid dienone is 1. The lowest BCUT2D eigenvalue weighted by Crippen LogP contribution is -2.60. The van der Waals surface area contributed by atoms with Gasteiger partial charge in [0.15, 0.2) is 5.82 Å². The Bertz CT molecular complexity index is 3110. The van der Waals surface area contributed by atoms with E-state index < -0.39 is 17.0 Å². The highest BCUT2D eigenvalue weighted by Gasteiger charge is 2.54. The first kappa shape index (κ1) is 53.6. The average Bonchev–Trinajstić information content (AvgIpc) is 3.92. The third-order valence-electron chi connectivity index (χ3n) is 19.9. The van der Waals surface area contributed by atoms with Gasteiger partial charge in [-0.25, -0.2) is 8.78 Å². The molecule has 3 aliphatic carbocycles. The highest BCUT2D eigenvalue weighted by molar-refractivity contribution is 6.34. The summed E-state index contributed by atoms with van der Waals surface area (Å²) in [4.78, 5) is 7.58. The van der Waals surface area contributed by atoms with Gasteiger partial charge in [-0.2, -0.15) is 5.10 Å². The van der Waals surface area contributed by atoms with Crippen LogP contribution in [0.4, 0.5) is 14.6 Å². The Labute approximate surface area is 462 Å². The van der Waals surface area contributed by atoms with Gasteiger partial charge in [-0.1, -0.05) is 121 Å². The van der Waals surface area contributed by atoms with Crippen molar-refractivity contribution in [2.75, 3.05) is 50.7 Å². The molecule has 8 nitrogen and oxygen atoms in total. The average molecular weight is 1060 g/mol. The quantitative estimate of drug-likeness (QED) is 0.102. The monoisotopic (exact) mass is 1060 g/mol. The van der Waals surface area contributed by atoms with Gasteiger partial charge in [0.2, 0.25) is 0 Å². The molecule has 6 unspecified atom stereocenters. The molecule has 11 heteroatoms. The number of fused-ring (bicyclic) bond motifs is 4. The van der Waals surface area contributed by atoms with Crippen molar-refractivity contribution < 1.29 is 8.78 Å². The molecule has 2 bridgehead atoms. The van der Waals surface area contributed by atoms with Crippen molar-refractivity contribution in [3.05, 3.63) is 160 Å². The number of aromatic nitrogens is 2. The number of halogens is 3. The van der Waals surface area contributed by atoms with E-state index in [1.165, 1.54) is 66.4 Å². The van der Waals surface area contributed by atoms with Crippen molar-refractivity contribution in [1.29, 1.82) is 0 Å². The Balaban J connectivity index is 0.765. The highest BCUT2D eigenvalue weighted by atomic mass is 35.5. The SMILES string of the molecule is C=C1CCN(c2nn(C)c3cc(C4CCN(CC5CCN(C(=C)C6(C)CC7CC(C)CC(NCC8(c9ccccc9)Cc9cc(F)c(Cl)c(-c%10c(C(=C)N)ccc(CCC)c%10F)c9C8C)(C7)C6)CC5)CC4)ccc23)C(=C)N1. The number of nitrogens with two attached hydrogens (primary N) is 1. The van der Waals surface area contributed by atoms with Crippen molar-refractivity contribution in [2.24, 2.45) is 36.0 Å². The van der Waals surface area contributed by atoms with Crippen LogP contribution in [0.1, 0.15) is 144 Å². The number of hydrogen-bond donors (Lipinski definition) is 3. The number of nitrogens with one attached hydrogen (secondary N) is 2. The van der Waals surface area contributed by atoms with Crippen LogP contribution in [-0.2, 0) is 25.3 Å². The smallest absolute Gasteiger partial charge is 0.164 e. The number of nitrogens with zero attached hydrogens (tertiary/aromatic N) is 5. The number of hydrogen-bond acceptors (Lipinski definition) is 7. The van der Waals surface area contributed by atoms with Gasteiger partial charge in [0, 0.05) is 102 Å². The zero-order chi connectivity index (χ0) is 54.1. The first-order chi connectivity index (χ1) is 36.9. The third-order valence-corrected chi connectivity index (χ3v) is 20.2. The van der Waals surface area contributed by atoms with Crippen LogP contribution in [0.2, 0.25) is 5.02 Å². The fraction of sp³-hybridized carbons (Fsp3) is 0.500. The Morgan fingerprint density at radius 3 is 2.39 bits per heavy atom. The maximum Gasteiger partial charge on any atom is 0.164 e. The molecule has 5 fully saturated rings. The topological polar surface area (TPSA) is 77.6 Å². The van der Waals surface area contributed by atoms with Crippen molar-refractivity contribution in [3.8, 4) is 11.1 Å². The van der Waals surface area contributed by atoms with Crippen molar-refractivity contribution >= 4 is 34.0 Å². The molecule has 77 heavy (non-hydrogen) atoms. The summed E-state index contributed by atoms with van der Waals surface area (Å²) in [6, 6.07) is 23.0. The third kappa shape index (κ3) is 9.85. The minimum absolute atomic E-state index is 0.0458. The molecule has 11 rings (SSSR count). The molecule has 4 aromatic carbocycles. The minimum Gasteiger partial charge on any atom is -0.399 e. The van der Waals surface area contributed by atoms with Crippen LogP contribution in [-0.4, -0.2) is 70.9 Å². The summed E-state index contributed by atoms with van der Waals surface area (Å²) in [6.07, 6.45) is 13.2. The predicted octanol–water partition coefficient (Wildman–Crippen LogP) is 14.1. The number of likely N-dealkylation sites (tertiary alicyclic amines) is 2. The molecule has 3 aliphatic heterocycles. The van der Waals surface area contributed by atoms with E-state index in [4.69, 9.17) is 29.0 Å². The fourth-order valence-electron chi connectivity index (χ4n) is 16.2. The first-order valence-electron chi connectivity index (χ1n) is 29.0. The molecule has 4 N–H and O–H groups in total. The summed E-state index contributed by atoms with van der Waals surface area (Å²) < 4.78 is 35.4. The summed E-state index contributed by atoms with van der Waals surface area (Å²) in [5.41, 5.74) is 15.6. The summed E-state index contributed by atoms with van der Waals surface area (Å²) in [7, 11) is 2.06. The standard InChI is InChI=1S/C66H83ClF2N8/c1-10-14-50-17-19-54(44(5)70)59(62(50)69)60-58-43(4)66(53-15-12-11-13-16-53,37-52(58)32-56(68)61(60)67)40-71-65-34-41(2)31-48(36-65)35-64(8,39-65)45(6)76-28-22-47(23-29-76)38-75-26-24-49(25-27-75)51-18-20-55-57(33-51)74(9)73-63(55)77-30-21-42(3)72-46(77)7/h11-13,15-20,32-33,41,43,47-49,71-72H,3,5-7,10,14,21-31,34-40,70H2,1-2,4,8-9H3. The second-order valence-corrected chi connectivity index (χ2v) is 25.6. The Morgan fingerprint density at radius 2 is 1.68 bits per heavy atom. The van der Waals surface area contributed by atoms with Gasteiger partial charge >= 0.3 is 0 Å². The number of rotatable bonds is 14. The van der Waals surface area contributed by atoms with Crippen LogP contribution in [0.15, 0.2) is 110 Å². The van der Waals surface area contributed by atoms with E-state index in [1.54, 1.807) is 12.1 Å². The molecule has 6 atom stereocenters. The van der Waals surface area contributed by atoms with Gasteiger partial charge in [-0.05, 0) is 159 Å². The van der Waals surface area contributed by atoms with Gasteiger partial charge in [-0.15, -0.1) is 0 Å². The minimum atomic E-state index is -0.539. The highest BCUT2D eigenvalue weighted by Crippen LogP contribution is 2.58. The van der Waals surface area contributed by atoms with E-state index in [2.05, 4.69) is 121 Å². The largest absolute Gasteiger partial charge is 0.399 e. The molecule has 6 aliphatic rings. The predicted molar refractivity (Wildman–Crippen MR) is 315 cm³/mol. The van der Waals surface area contributed by atoms with Gasteiger partial charge in [0.25, 0.3) is 0 Å². The Morgan fingerprint density at radius 1 is 0.922 bits per heavy atom. The number of anilines is 1. The molecule has 1 aromatic heterocycles.